The number of benzene rings is 3. The van der Waals surface area contributed by atoms with Crippen LogP contribution in [0.25, 0.3) is 10.8 Å². The van der Waals surface area contributed by atoms with E-state index >= 15 is 0 Å². The first-order valence-electron chi connectivity index (χ1n) is 10.5. The highest BCUT2D eigenvalue weighted by Crippen LogP contribution is 2.26. The lowest BCUT2D eigenvalue weighted by molar-refractivity contribution is 0.0678. The maximum absolute atomic E-state index is 13.0. The summed E-state index contributed by atoms with van der Waals surface area (Å²) in [4.78, 5) is 19.5. The molecule has 32 heavy (non-hydrogen) atoms. The molecule has 4 rings (SSSR count). The number of nitrogens with zero attached hydrogens (tertiary/aromatic N) is 2. The van der Waals surface area contributed by atoms with Gasteiger partial charge in [-0.3, -0.25) is 4.79 Å². The van der Waals surface area contributed by atoms with Crippen molar-refractivity contribution in [1.82, 2.24) is 9.88 Å². The SMILES string of the molecule is COCCN(Cc1csc(COc2cccc3ccccc23)n1)C(=O)c1ccc(C)cc1. The van der Waals surface area contributed by atoms with Crippen LogP contribution in [0, 0.1) is 6.92 Å². The first kappa shape index (κ1) is 22.0. The second-order valence-corrected chi connectivity index (χ2v) is 8.53. The fraction of sp³-hybridized carbons (Fsp3) is 0.231. The number of carbonyl (C=O) groups is 1. The number of hydrogen-bond acceptors (Lipinski definition) is 5. The minimum Gasteiger partial charge on any atom is -0.486 e. The molecule has 0 fully saturated rings. The Morgan fingerprint density at radius 1 is 1.03 bits per heavy atom. The van der Waals surface area contributed by atoms with Crippen LogP contribution >= 0.6 is 11.3 Å². The topological polar surface area (TPSA) is 51.7 Å². The van der Waals surface area contributed by atoms with Crippen molar-refractivity contribution in [3.05, 3.63) is 93.9 Å². The molecule has 0 radical (unpaired) electrons. The van der Waals surface area contributed by atoms with Gasteiger partial charge in [-0.25, -0.2) is 4.98 Å². The summed E-state index contributed by atoms with van der Waals surface area (Å²) < 4.78 is 11.3. The van der Waals surface area contributed by atoms with Crippen molar-refractivity contribution in [3.63, 3.8) is 0 Å². The lowest BCUT2D eigenvalue weighted by Gasteiger charge is -2.21. The highest BCUT2D eigenvalue weighted by molar-refractivity contribution is 7.09. The predicted octanol–water partition coefficient (Wildman–Crippen LogP) is 5.47. The quantitative estimate of drug-likeness (QED) is 0.342. The summed E-state index contributed by atoms with van der Waals surface area (Å²) in [5, 5.41) is 5.10. The van der Waals surface area contributed by atoms with Crippen molar-refractivity contribution < 1.29 is 14.3 Å². The van der Waals surface area contributed by atoms with Crippen LogP contribution in [0.3, 0.4) is 0 Å². The van der Waals surface area contributed by atoms with E-state index in [0.717, 1.165) is 32.8 Å². The summed E-state index contributed by atoms with van der Waals surface area (Å²) >= 11 is 1.54. The zero-order valence-electron chi connectivity index (χ0n) is 18.3. The van der Waals surface area contributed by atoms with Gasteiger partial charge in [0.1, 0.15) is 17.4 Å². The Morgan fingerprint density at radius 3 is 2.62 bits per heavy atom. The normalized spacial score (nSPS) is 10.9. The first-order valence-corrected chi connectivity index (χ1v) is 11.4. The van der Waals surface area contributed by atoms with E-state index in [9.17, 15) is 4.79 Å². The molecule has 0 unspecified atom stereocenters. The van der Waals surface area contributed by atoms with Gasteiger partial charge in [-0.2, -0.15) is 0 Å². The van der Waals surface area contributed by atoms with Gasteiger partial charge in [0.2, 0.25) is 0 Å². The number of aryl methyl sites for hydroxylation is 1. The zero-order valence-corrected chi connectivity index (χ0v) is 19.1. The third-order valence-electron chi connectivity index (χ3n) is 5.20. The molecular formula is C26H26N2O3S. The van der Waals surface area contributed by atoms with E-state index in [1.165, 1.54) is 0 Å². The van der Waals surface area contributed by atoms with Crippen molar-refractivity contribution in [3.8, 4) is 5.75 Å². The van der Waals surface area contributed by atoms with Crippen LogP contribution in [-0.2, 0) is 17.9 Å². The largest absolute Gasteiger partial charge is 0.486 e. The second kappa shape index (κ2) is 10.4. The maximum atomic E-state index is 13.0. The molecule has 6 heteroatoms. The molecular weight excluding hydrogens is 420 g/mol. The molecule has 0 bridgehead atoms. The molecule has 1 amide bonds. The number of rotatable bonds is 9. The number of aromatic nitrogens is 1. The smallest absolute Gasteiger partial charge is 0.254 e. The highest BCUT2D eigenvalue weighted by atomic mass is 32.1. The van der Waals surface area contributed by atoms with Crippen LogP contribution in [0.1, 0.15) is 26.6 Å². The summed E-state index contributed by atoms with van der Waals surface area (Å²) in [6.45, 7) is 3.80. The number of thiazole rings is 1. The summed E-state index contributed by atoms with van der Waals surface area (Å²) in [6, 6.07) is 21.8. The minimum absolute atomic E-state index is 0.0244. The number of ether oxygens (including phenoxy) is 2. The van der Waals surface area contributed by atoms with Crippen LogP contribution < -0.4 is 4.74 Å². The summed E-state index contributed by atoms with van der Waals surface area (Å²) in [7, 11) is 1.64. The fourth-order valence-electron chi connectivity index (χ4n) is 3.48. The van der Waals surface area contributed by atoms with E-state index in [1.807, 2.05) is 60.8 Å². The van der Waals surface area contributed by atoms with Gasteiger partial charge in [0.25, 0.3) is 5.91 Å². The molecule has 0 N–H and O–H groups in total. The Kier molecular flexibility index (Phi) is 7.14. The van der Waals surface area contributed by atoms with E-state index in [0.29, 0.717) is 31.9 Å². The Hall–Kier alpha value is -3.22. The standard InChI is InChI=1S/C26H26N2O3S/c1-19-10-12-21(13-11-19)26(29)28(14-15-30-2)16-22-18-32-25(27-22)17-31-24-9-5-7-20-6-3-4-8-23(20)24/h3-13,18H,14-17H2,1-2H3. The highest BCUT2D eigenvalue weighted by Gasteiger charge is 2.17. The molecule has 0 saturated carbocycles. The molecule has 5 nitrogen and oxygen atoms in total. The molecule has 0 atom stereocenters. The number of carbonyl (C=O) groups excluding carboxylic acids is 1. The van der Waals surface area contributed by atoms with Crippen LogP contribution in [0.15, 0.2) is 72.1 Å². The molecule has 0 aliphatic rings. The summed E-state index contributed by atoms with van der Waals surface area (Å²) in [5.41, 5.74) is 2.64. The summed E-state index contributed by atoms with van der Waals surface area (Å²) in [5.74, 6) is 0.819. The van der Waals surface area contributed by atoms with Crippen LogP contribution in [-0.4, -0.2) is 36.1 Å². The average Bonchev–Trinajstić information content (AvgIpc) is 3.27. The van der Waals surface area contributed by atoms with Gasteiger partial charge in [0.05, 0.1) is 18.8 Å². The van der Waals surface area contributed by atoms with Gasteiger partial charge >= 0.3 is 0 Å². The lowest BCUT2D eigenvalue weighted by Crippen LogP contribution is -2.33. The van der Waals surface area contributed by atoms with Crippen LogP contribution in [0.2, 0.25) is 0 Å². The van der Waals surface area contributed by atoms with Gasteiger partial charge in [0, 0.05) is 30.0 Å². The molecule has 3 aromatic carbocycles. The Morgan fingerprint density at radius 2 is 1.81 bits per heavy atom. The third-order valence-corrected chi connectivity index (χ3v) is 6.08. The average molecular weight is 447 g/mol. The van der Waals surface area contributed by atoms with Crippen LogP contribution in [0.5, 0.6) is 5.75 Å². The molecule has 1 heterocycles. The zero-order chi connectivity index (χ0) is 22.3. The van der Waals surface area contributed by atoms with E-state index in [-0.39, 0.29) is 5.91 Å². The van der Waals surface area contributed by atoms with Gasteiger partial charge in [0.15, 0.2) is 0 Å². The monoisotopic (exact) mass is 446 g/mol. The Balaban J connectivity index is 1.43. The molecule has 4 aromatic rings. The van der Waals surface area contributed by atoms with Crippen molar-refractivity contribution in [1.29, 1.82) is 0 Å². The van der Waals surface area contributed by atoms with Crippen molar-refractivity contribution in [2.75, 3.05) is 20.3 Å². The van der Waals surface area contributed by atoms with Gasteiger partial charge in [-0.05, 0) is 30.5 Å². The number of amides is 1. The molecule has 1 aromatic heterocycles. The second-order valence-electron chi connectivity index (χ2n) is 7.58. The van der Waals surface area contributed by atoms with Crippen molar-refractivity contribution in [2.45, 2.75) is 20.1 Å². The number of hydrogen-bond donors (Lipinski definition) is 0. The van der Waals surface area contributed by atoms with Gasteiger partial charge in [-0.15, -0.1) is 11.3 Å². The maximum Gasteiger partial charge on any atom is 0.254 e. The van der Waals surface area contributed by atoms with Crippen LogP contribution in [0.4, 0.5) is 0 Å². The molecule has 164 valence electrons. The van der Waals surface area contributed by atoms with Gasteiger partial charge < -0.3 is 14.4 Å². The minimum atomic E-state index is -0.0244. The first-order chi connectivity index (χ1) is 15.6. The van der Waals surface area contributed by atoms with E-state index in [1.54, 1.807) is 23.3 Å². The number of methoxy groups -OCH3 is 1. The predicted molar refractivity (Wildman–Crippen MR) is 128 cm³/mol. The number of fused-ring (bicyclic) bond motifs is 1. The molecule has 0 saturated heterocycles. The molecule has 0 spiro atoms. The summed E-state index contributed by atoms with van der Waals surface area (Å²) in [6.07, 6.45) is 0. The molecule has 0 aliphatic heterocycles. The van der Waals surface area contributed by atoms with E-state index in [4.69, 9.17) is 14.5 Å². The third kappa shape index (κ3) is 5.33. The lowest BCUT2D eigenvalue weighted by atomic mass is 10.1. The van der Waals surface area contributed by atoms with Crippen molar-refractivity contribution in [2.24, 2.45) is 0 Å². The van der Waals surface area contributed by atoms with E-state index < -0.39 is 0 Å². The Labute approximate surface area is 192 Å². The van der Waals surface area contributed by atoms with E-state index in [2.05, 4.69) is 18.2 Å². The van der Waals surface area contributed by atoms with Crippen molar-refractivity contribution >= 4 is 28.0 Å². The fourth-order valence-corrected chi connectivity index (χ4v) is 4.17. The molecule has 0 aliphatic carbocycles. The van der Waals surface area contributed by atoms with Gasteiger partial charge in [-0.1, -0.05) is 54.1 Å². The Bertz CT molecular complexity index is 1180.